The van der Waals surface area contributed by atoms with Crippen molar-refractivity contribution in [3.8, 4) is 0 Å². The normalized spacial score (nSPS) is 25.4. The molecule has 1 amide bonds. The molecular weight excluding hydrogens is 364 g/mol. The lowest BCUT2D eigenvalue weighted by Gasteiger charge is -2.39. The summed E-state index contributed by atoms with van der Waals surface area (Å²) < 4.78 is 26.8. The molecule has 1 spiro atoms. The van der Waals surface area contributed by atoms with E-state index in [1.54, 1.807) is 24.3 Å². The fraction of sp³-hybridized carbons (Fsp3) is 0.579. The first-order chi connectivity index (χ1) is 12.9. The first kappa shape index (κ1) is 18.4. The monoisotopic (exact) mass is 390 g/mol. The number of nitrogens with zero attached hydrogens (tertiary/aromatic N) is 2. The van der Waals surface area contributed by atoms with E-state index in [1.807, 2.05) is 11.8 Å². The molecule has 0 aliphatic carbocycles. The number of amides is 1. The Balaban J connectivity index is 1.39. The van der Waals surface area contributed by atoms with E-state index in [9.17, 15) is 13.2 Å². The van der Waals surface area contributed by atoms with Gasteiger partial charge >= 0.3 is 0 Å². The summed E-state index contributed by atoms with van der Waals surface area (Å²) in [5, 5.41) is 3.44. The second-order valence-electron chi connectivity index (χ2n) is 7.94. The predicted molar refractivity (Wildman–Crippen MR) is 103 cm³/mol. The summed E-state index contributed by atoms with van der Waals surface area (Å²) in [7, 11) is -3.54. The van der Waals surface area contributed by atoms with E-state index in [4.69, 9.17) is 0 Å². The topological polar surface area (TPSA) is 90.9 Å². The average molecular weight is 391 g/mol. The van der Waals surface area contributed by atoms with Crippen molar-refractivity contribution in [1.29, 1.82) is 0 Å². The smallest absolute Gasteiger partial charge is 0.263 e. The minimum absolute atomic E-state index is 0.0989. The second kappa shape index (κ2) is 6.91. The number of amidine groups is 1. The van der Waals surface area contributed by atoms with E-state index in [0.717, 1.165) is 39.0 Å². The number of benzene rings is 1. The Hall–Kier alpha value is -1.93. The van der Waals surface area contributed by atoms with Crippen LogP contribution < -0.4 is 10.0 Å². The fourth-order valence-electron chi connectivity index (χ4n) is 4.33. The van der Waals surface area contributed by atoms with Crippen LogP contribution in [0.15, 0.2) is 34.2 Å². The number of aliphatic imine (C=N–C) groups is 1. The highest BCUT2D eigenvalue weighted by molar-refractivity contribution is 7.90. The van der Waals surface area contributed by atoms with E-state index in [1.165, 1.54) is 6.42 Å². The van der Waals surface area contributed by atoms with Gasteiger partial charge in [-0.3, -0.25) is 14.5 Å². The molecule has 2 N–H and O–H groups in total. The summed E-state index contributed by atoms with van der Waals surface area (Å²) in [5.41, 5.74) is 0.958. The summed E-state index contributed by atoms with van der Waals surface area (Å²) in [6, 6.07) is 6.49. The molecule has 7 nitrogen and oxygen atoms in total. The zero-order valence-electron chi connectivity index (χ0n) is 15.6. The summed E-state index contributed by atoms with van der Waals surface area (Å²) in [6.45, 7) is 5.61. The highest BCUT2D eigenvalue weighted by Crippen LogP contribution is 2.37. The van der Waals surface area contributed by atoms with Gasteiger partial charge in [-0.25, -0.2) is 8.42 Å². The molecule has 1 aromatic rings. The van der Waals surface area contributed by atoms with Gasteiger partial charge in [0.15, 0.2) is 0 Å². The number of fused-ring (bicyclic) bond motifs is 1. The molecule has 146 valence electrons. The Morgan fingerprint density at radius 3 is 2.70 bits per heavy atom. The van der Waals surface area contributed by atoms with Gasteiger partial charge in [0.2, 0.25) is 5.91 Å². The lowest BCUT2D eigenvalue weighted by molar-refractivity contribution is -0.133. The Bertz CT molecular complexity index is 865. The van der Waals surface area contributed by atoms with Crippen LogP contribution in [0.5, 0.6) is 0 Å². The second-order valence-corrected chi connectivity index (χ2v) is 9.59. The number of likely N-dealkylation sites (tertiary alicyclic amines) is 1. The van der Waals surface area contributed by atoms with E-state index < -0.39 is 10.0 Å². The Labute approximate surface area is 160 Å². The number of carbonyl (C=O) groups excluding carboxylic acids is 1. The Kier molecular flexibility index (Phi) is 4.71. The van der Waals surface area contributed by atoms with Gasteiger partial charge in [0.25, 0.3) is 10.0 Å². The number of rotatable bonds is 3. The van der Waals surface area contributed by atoms with Gasteiger partial charge in [-0.15, -0.1) is 0 Å². The van der Waals surface area contributed by atoms with Crippen LogP contribution in [-0.2, 0) is 14.8 Å². The van der Waals surface area contributed by atoms with Crippen molar-refractivity contribution in [3.05, 3.63) is 29.8 Å². The molecule has 0 aromatic heterocycles. The lowest BCUT2D eigenvalue weighted by atomic mass is 9.78. The number of hydrogen-bond donors (Lipinski definition) is 2. The van der Waals surface area contributed by atoms with Crippen molar-refractivity contribution in [1.82, 2.24) is 14.9 Å². The lowest BCUT2D eigenvalue weighted by Crippen LogP contribution is -2.44. The average Bonchev–Trinajstić information content (AvgIpc) is 3.19. The molecule has 8 heteroatoms. The fourth-order valence-corrected chi connectivity index (χ4v) is 5.57. The highest BCUT2D eigenvalue weighted by atomic mass is 32.2. The standard InChI is InChI=1S/C19H26N4O3S/c1-14(21-18-15-4-2-3-5-16(15)27(25,26)22-18)12-17(24)23-10-7-19(8-11-23)6-9-20-13-19/h2-5,14,20H,6-13H2,1H3,(H,21,22). The first-order valence-corrected chi connectivity index (χ1v) is 11.1. The van der Waals surface area contributed by atoms with Crippen molar-refractivity contribution >= 4 is 21.8 Å². The van der Waals surface area contributed by atoms with E-state index in [-0.39, 0.29) is 16.8 Å². The zero-order valence-corrected chi connectivity index (χ0v) is 16.4. The molecule has 3 heterocycles. The molecule has 1 aromatic carbocycles. The first-order valence-electron chi connectivity index (χ1n) is 9.57. The van der Waals surface area contributed by atoms with Crippen LogP contribution in [0.2, 0.25) is 0 Å². The molecule has 1 unspecified atom stereocenters. The van der Waals surface area contributed by atoms with Gasteiger partial charge in [-0.05, 0) is 50.3 Å². The number of piperidine rings is 1. The maximum atomic E-state index is 12.7. The van der Waals surface area contributed by atoms with Gasteiger partial charge < -0.3 is 10.2 Å². The van der Waals surface area contributed by atoms with Crippen LogP contribution in [-0.4, -0.2) is 57.3 Å². The van der Waals surface area contributed by atoms with Crippen molar-refractivity contribution in [3.63, 3.8) is 0 Å². The highest BCUT2D eigenvalue weighted by Gasteiger charge is 2.38. The quantitative estimate of drug-likeness (QED) is 0.809. The molecule has 3 aliphatic rings. The predicted octanol–water partition coefficient (Wildman–Crippen LogP) is 1.11. The van der Waals surface area contributed by atoms with E-state index >= 15 is 0 Å². The maximum Gasteiger partial charge on any atom is 0.263 e. The molecule has 0 bridgehead atoms. The van der Waals surface area contributed by atoms with Gasteiger partial charge in [0.1, 0.15) is 5.84 Å². The number of nitrogens with one attached hydrogen (secondary N) is 2. The van der Waals surface area contributed by atoms with Crippen LogP contribution in [0.25, 0.3) is 0 Å². The van der Waals surface area contributed by atoms with Crippen LogP contribution >= 0.6 is 0 Å². The van der Waals surface area contributed by atoms with Crippen LogP contribution in [0.4, 0.5) is 0 Å². The number of sulfonamides is 1. The van der Waals surface area contributed by atoms with Crippen LogP contribution in [0, 0.1) is 5.41 Å². The SMILES string of the molecule is CC(CC(=O)N1CCC2(CCNC2)CC1)N=C1NS(=O)(=O)c2ccccc21. The van der Waals surface area contributed by atoms with Gasteiger partial charge in [0.05, 0.1) is 10.9 Å². The van der Waals surface area contributed by atoms with Crippen molar-refractivity contribution < 1.29 is 13.2 Å². The molecular formula is C19H26N4O3S. The van der Waals surface area contributed by atoms with E-state index in [2.05, 4.69) is 15.0 Å². The van der Waals surface area contributed by atoms with Crippen LogP contribution in [0.1, 0.15) is 38.2 Å². The Morgan fingerprint density at radius 1 is 1.26 bits per heavy atom. The number of hydrogen-bond acceptors (Lipinski definition) is 5. The van der Waals surface area contributed by atoms with Crippen molar-refractivity contribution in [2.24, 2.45) is 10.4 Å². The van der Waals surface area contributed by atoms with Gasteiger partial charge in [0, 0.05) is 31.6 Å². The van der Waals surface area contributed by atoms with Crippen molar-refractivity contribution in [2.75, 3.05) is 26.2 Å². The van der Waals surface area contributed by atoms with Crippen LogP contribution in [0.3, 0.4) is 0 Å². The third-order valence-electron chi connectivity index (χ3n) is 5.99. The number of carbonyl (C=O) groups is 1. The molecule has 0 radical (unpaired) electrons. The summed E-state index contributed by atoms with van der Waals surface area (Å²) >= 11 is 0. The summed E-state index contributed by atoms with van der Waals surface area (Å²) in [5.74, 6) is 0.433. The molecule has 2 saturated heterocycles. The zero-order chi connectivity index (χ0) is 19.1. The molecule has 27 heavy (non-hydrogen) atoms. The third-order valence-corrected chi connectivity index (χ3v) is 7.39. The third kappa shape index (κ3) is 3.60. The van der Waals surface area contributed by atoms with Crippen molar-refractivity contribution in [2.45, 2.75) is 43.5 Å². The minimum Gasteiger partial charge on any atom is -0.343 e. The molecule has 4 rings (SSSR count). The minimum atomic E-state index is -3.54. The Morgan fingerprint density at radius 2 is 2.00 bits per heavy atom. The van der Waals surface area contributed by atoms with E-state index in [0.29, 0.717) is 23.2 Å². The van der Waals surface area contributed by atoms with Gasteiger partial charge in [-0.2, -0.15) is 0 Å². The largest absolute Gasteiger partial charge is 0.343 e. The molecule has 3 aliphatic heterocycles. The summed E-state index contributed by atoms with van der Waals surface area (Å²) in [4.78, 5) is 19.3. The maximum absolute atomic E-state index is 12.7. The molecule has 0 saturated carbocycles. The molecule has 2 fully saturated rings. The molecule has 1 atom stereocenters. The summed E-state index contributed by atoms with van der Waals surface area (Å²) in [6.07, 6.45) is 3.61. The van der Waals surface area contributed by atoms with Gasteiger partial charge in [-0.1, -0.05) is 12.1 Å².